The van der Waals surface area contributed by atoms with E-state index in [0.717, 1.165) is 54.5 Å². The standard InChI is InChI=1S/C32H34N2O4/c1-37-24-10-9-20-13-23-21-15-31(29(35)33-16-18-5-3-2-4-6-18)25-14-22(21)30(11-12-34(23)17-19-7-8-19)26(20)27(24)38-28(30)32(25,31)36/h2-6,9-10,14,19,21-23,28,36H,7-8,11-13,15-17H2,1H3,(H,33,35)/t21?,22?,23?,28-,30?,31-,32?/m1/s1. The number of fused-ring (bicyclic) bond motifs is 2. The van der Waals surface area contributed by atoms with Crippen LogP contribution in [0, 0.1) is 23.2 Å². The van der Waals surface area contributed by atoms with Crippen LogP contribution < -0.4 is 14.8 Å². The van der Waals surface area contributed by atoms with Gasteiger partial charge < -0.3 is 19.9 Å². The fourth-order valence-corrected chi connectivity index (χ4v) is 9.67. The van der Waals surface area contributed by atoms with Crippen LogP contribution in [0.5, 0.6) is 11.5 Å². The van der Waals surface area contributed by atoms with E-state index in [9.17, 15) is 9.90 Å². The number of nitrogens with zero attached hydrogens (tertiary/aromatic N) is 1. The van der Waals surface area contributed by atoms with E-state index in [0.29, 0.717) is 24.9 Å². The molecule has 38 heavy (non-hydrogen) atoms. The predicted octanol–water partition coefficient (Wildman–Crippen LogP) is 3.36. The van der Waals surface area contributed by atoms with Crippen LogP contribution in [0.15, 0.2) is 54.1 Å². The molecule has 0 radical (unpaired) electrons. The van der Waals surface area contributed by atoms with Gasteiger partial charge in [0, 0.05) is 30.1 Å². The number of carbonyl (C=O) groups excluding carboxylic acids is 1. The molecule has 2 aliphatic heterocycles. The van der Waals surface area contributed by atoms with Crippen LogP contribution in [0.25, 0.3) is 0 Å². The Hall–Kier alpha value is -2.83. The molecule has 2 heterocycles. The number of likely N-dealkylation sites (tertiary alicyclic amines) is 1. The lowest BCUT2D eigenvalue weighted by atomic mass is 9.58. The number of ether oxygens (including phenoxy) is 2. The zero-order chi connectivity index (χ0) is 25.4. The summed E-state index contributed by atoms with van der Waals surface area (Å²) in [4.78, 5) is 16.9. The third-order valence-electron chi connectivity index (χ3n) is 11.5. The molecule has 2 aromatic carbocycles. The van der Waals surface area contributed by atoms with Gasteiger partial charge in [0.05, 0.1) is 7.11 Å². The maximum Gasteiger partial charge on any atom is 0.234 e. The zero-order valence-electron chi connectivity index (χ0n) is 21.8. The van der Waals surface area contributed by atoms with Gasteiger partial charge in [-0.05, 0) is 79.2 Å². The second-order valence-corrected chi connectivity index (χ2v) is 12.9. The van der Waals surface area contributed by atoms with Gasteiger partial charge >= 0.3 is 0 Å². The maximum atomic E-state index is 14.2. The van der Waals surface area contributed by atoms with E-state index in [1.807, 2.05) is 36.4 Å². The monoisotopic (exact) mass is 510 g/mol. The SMILES string of the molecule is COc1ccc2c3c1O[C@@H]1C34CCN(CC3CC3)C(C2)C2C[C@]3(C(=O)NCc5ccccc5)C(=CC24)C13O. The van der Waals surface area contributed by atoms with Gasteiger partial charge in [0.1, 0.15) is 17.1 Å². The molecule has 1 saturated heterocycles. The van der Waals surface area contributed by atoms with Crippen molar-refractivity contribution in [1.82, 2.24) is 10.2 Å². The van der Waals surface area contributed by atoms with E-state index in [-0.39, 0.29) is 17.2 Å². The van der Waals surface area contributed by atoms with Gasteiger partial charge in [-0.15, -0.1) is 0 Å². The quantitative estimate of drug-likeness (QED) is 0.584. The molecular weight excluding hydrogens is 476 g/mol. The Morgan fingerprint density at radius 3 is 2.84 bits per heavy atom. The predicted molar refractivity (Wildman–Crippen MR) is 141 cm³/mol. The molecule has 2 saturated carbocycles. The molecule has 196 valence electrons. The number of aliphatic hydroxyl groups is 1. The molecule has 4 bridgehead atoms. The second-order valence-electron chi connectivity index (χ2n) is 12.9. The summed E-state index contributed by atoms with van der Waals surface area (Å²) < 4.78 is 12.7. The van der Waals surface area contributed by atoms with Gasteiger partial charge in [-0.1, -0.05) is 42.5 Å². The maximum absolute atomic E-state index is 14.2. The summed E-state index contributed by atoms with van der Waals surface area (Å²) in [6, 6.07) is 14.7. The van der Waals surface area contributed by atoms with E-state index in [1.165, 1.54) is 24.0 Å². The van der Waals surface area contributed by atoms with E-state index in [4.69, 9.17) is 9.47 Å². The molecule has 2 N–H and O–H groups in total. The molecular formula is C32H34N2O4. The van der Waals surface area contributed by atoms with Crippen molar-refractivity contribution in [2.24, 2.45) is 23.2 Å². The van der Waals surface area contributed by atoms with E-state index in [1.54, 1.807) is 7.11 Å². The second kappa shape index (κ2) is 7.02. The minimum atomic E-state index is -1.28. The third-order valence-corrected chi connectivity index (χ3v) is 11.5. The first-order valence-corrected chi connectivity index (χ1v) is 14.4. The Morgan fingerprint density at radius 2 is 2.05 bits per heavy atom. The Balaban J connectivity index is 1.20. The molecule has 9 rings (SSSR count). The number of rotatable bonds is 6. The smallest absolute Gasteiger partial charge is 0.234 e. The highest BCUT2D eigenvalue weighted by Crippen LogP contribution is 2.81. The van der Waals surface area contributed by atoms with Gasteiger partial charge in [0.25, 0.3) is 0 Å². The summed E-state index contributed by atoms with van der Waals surface area (Å²) in [6.07, 6.45) is 7.17. The fraction of sp³-hybridized carbons (Fsp3) is 0.531. The minimum absolute atomic E-state index is 0.0465. The highest BCUT2D eigenvalue weighted by atomic mass is 16.5. The number of benzene rings is 2. The van der Waals surface area contributed by atoms with E-state index in [2.05, 4.69) is 22.4 Å². The van der Waals surface area contributed by atoms with Crippen molar-refractivity contribution < 1.29 is 19.4 Å². The number of amides is 1. The van der Waals surface area contributed by atoms with E-state index < -0.39 is 17.1 Å². The van der Waals surface area contributed by atoms with Crippen LogP contribution in [-0.4, -0.2) is 53.9 Å². The number of hydrogen-bond donors (Lipinski definition) is 2. The lowest BCUT2D eigenvalue weighted by Crippen LogP contribution is -2.55. The van der Waals surface area contributed by atoms with E-state index >= 15 is 0 Å². The molecule has 2 aromatic rings. The first-order chi connectivity index (χ1) is 18.5. The number of carbonyl (C=O) groups is 1. The van der Waals surface area contributed by atoms with Crippen molar-refractivity contribution in [3.63, 3.8) is 0 Å². The van der Waals surface area contributed by atoms with Gasteiger partial charge in [-0.2, -0.15) is 0 Å². The molecule has 7 aliphatic rings. The van der Waals surface area contributed by atoms with Gasteiger partial charge in [0.2, 0.25) is 5.91 Å². The van der Waals surface area contributed by atoms with Gasteiger partial charge in [0.15, 0.2) is 11.5 Å². The molecule has 5 aliphatic carbocycles. The molecule has 5 unspecified atom stereocenters. The molecule has 3 fully saturated rings. The van der Waals surface area contributed by atoms with Crippen LogP contribution in [0.3, 0.4) is 0 Å². The molecule has 7 atom stereocenters. The summed E-state index contributed by atoms with van der Waals surface area (Å²) in [5, 5.41) is 15.8. The lowest BCUT2D eigenvalue weighted by molar-refractivity contribution is -0.132. The fourth-order valence-electron chi connectivity index (χ4n) is 9.67. The molecule has 6 heteroatoms. The van der Waals surface area contributed by atoms with Crippen LogP contribution in [-0.2, 0) is 23.2 Å². The molecule has 1 amide bonds. The first-order valence-electron chi connectivity index (χ1n) is 14.4. The van der Waals surface area contributed by atoms with Crippen LogP contribution in [0.2, 0.25) is 0 Å². The van der Waals surface area contributed by atoms with Crippen LogP contribution >= 0.6 is 0 Å². The number of nitrogens with one attached hydrogen (secondary N) is 1. The first kappa shape index (κ1) is 22.0. The third kappa shape index (κ3) is 2.38. The van der Waals surface area contributed by atoms with Crippen molar-refractivity contribution in [3.8, 4) is 11.5 Å². The summed E-state index contributed by atoms with van der Waals surface area (Å²) in [7, 11) is 1.70. The molecule has 0 aromatic heterocycles. The van der Waals surface area contributed by atoms with Gasteiger partial charge in [-0.25, -0.2) is 0 Å². The van der Waals surface area contributed by atoms with Crippen LogP contribution in [0.1, 0.15) is 42.4 Å². The van der Waals surface area contributed by atoms with Crippen molar-refractivity contribution in [3.05, 3.63) is 70.8 Å². The summed E-state index contributed by atoms with van der Waals surface area (Å²) in [6.45, 7) is 2.64. The Bertz CT molecular complexity index is 1420. The average Bonchev–Trinajstić information content (AvgIpc) is 3.83. The Kier molecular flexibility index (Phi) is 4.07. The Morgan fingerprint density at radius 1 is 1.21 bits per heavy atom. The minimum Gasteiger partial charge on any atom is -0.493 e. The molecule has 1 spiro atoms. The average molecular weight is 511 g/mol. The summed E-state index contributed by atoms with van der Waals surface area (Å²) in [5.41, 5.74) is 2.07. The number of methoxy groups -OCH3 is 1. The number of hydrogen-bond acceptors (Lipinski definition) is 5. The van der Waals surface area contributed by atoms with Crippen molar-refractivity contribution in [2.45, 2.75) is 61.8 Å². The van der Waals surface area contributed by atoms with Crippen LogP contribution in [0.4, 0.5) is 0 Å². The summed E-state index contributed by atoms with van der Waals surface area (Å²) in [5.74, 6) is 2.88. The topological polar surface area (TPSA) is 71.0 Å². The zero-order valence-corrected chi connectivity index (χ0v) is 21.8. The normalized spacial score (nSPS) is 40.5. The van der Waals surface area contributed by atoms with Gasteiger partial charge in [-0.3, -0.25) is 9.69 Å². The summed E-state index contributed by atoms with van der Waals surface area (Å²) >= 11 is 0. The largest absolute Gasteiger partial charge is 0.493 e. The highest BCUT2D eigenvalue weighted by molar-refractivity contribution is 5.97. The van der Waals surface area contributed by atoms with Crippen molar-refractivity contribution in [2.75, 3.05) is 20.2 Å². The highest BCUT2D eigenvalue weighted by Gasteiger charge is 2.89. The molecule has 6 nitrogen and oxygen atoms in total. The lowest BCUT2D eigenvalue weighted by Gasteiger charge is -2.44. The Labute approximate surface area is 223 Å². The van der Waals surface area contributed by atoms with Crippen molar-refractivity contribution in [1.29, 1.82) is 0 Å². The van der Waals surface area contributed by atoms with Crippen molar-refractivity contribution >= 4 is 5.91 Å². The number of allylic oxidation sites excluding steroid dienone is 1.